The fraction of sp³-hybridized carbons (Fsp3) is 0.0182. The van der Waals surface area contributed by atoms with Crippen LogP contribution < -0.4 is 51.8 Å². The molecule has 0 saturated carbocycles. The molecule has 282 valence electrons. The molecule has 5 heteroatoms. The molecule has 3 heterocycles. The van der Waals surface area contributed by atoms with E-state index in [2.05, 4.69) is 246 Å². The van der Waals surface area contributed by atoms with Crippen molar-refractivity contribution < 1.29 is 0 Å². The second-order valence-corrected chi connectivity index (χ2v) is 19.9. The normalized spacial score (nSPS) is 13.8. The minimum Gasteiger partial charge on any atom is -0.312 e. The van der Waals surface area contributed by atoms with Gasteiger partial charge in [0, 0.05) is 45.5 Å². The molecule has 3 aliphatic rings. The van der Waals surface area contributed by atoms with Gasteiger partial charge in [-0.1, -0.05) is 164 Å². The van der Waals surface area contributed by atoms with Crippen LogP contribution in [-0.2, 0) is 0 Å². The molecule has 3 aliphatic heterocycles. The maximum atomic E-state index is 2.65. The van der Waals surface area contributed by atoms with E-state index in [-0.39, 0.29) is 6.71 Å². The highest BCUT2D eigenvalue weighted by Crippen LogP contribution is 2.48. The third-order valence-corrected chi connectivity index (χ3v) is 17.7. The Morgan fingerprint density at radius 3 is 1.57 bits per heavy atom. The van der Waals surface area contributed by atoms with Crippen LogP contribution in [0.1, 0.15) is 5.56 Å². The van der Waals surface area contributed by atoms with Gasteiger partial charge in [0.25, 0.3) is 6.71 Å². The number of para-hydroxylation sites is 5. The lowest BCUT2D eigenvalue weighted by molar-refractivity contribution is 1.22. The SMILES string of the molecule is Cc1ccc2c(c1)N(c1ccccc1)c1cc(N(c3ccccc3)c3ccccc3)cc3c1B2c1cccc2c1N3c1ccccc1[Si]2(c1ccccc1)c1ccccc1. The van der Waals surface area contributed by atoms with E-state index >= 15 is 0 Å². The van der Waals surface area contributed by atoms with E-state index in [9.17, 15) is 0 Å². The second-order valence-electron chi connectivity index (χ2n) is 16.1. The first-order chi connectivity index (χ1) is 29.7. The van der Waals surface area contributed by atoms with Crippen LogP contribution in [0.25, 0.3) is 0 Å². The number of benzene rings is 9. The molecule has 9 aromatic rings. The van der Waals surface area contributed by atoms with Crippen LogP contribution in [0.4, 0.5) is 51.2 Å². The van der Waals surface area contributed by atoms with Gasteiger partial charge in [0.05, 0.1) is 5.69 Å². The molecular formula is C55H40BN3Si. The molecule has 0 saturated heterocycles. The van der Waals surface area contributed by atoms with Gasteiger partial charge in [-0.15, -0.1) is 0 Å². The Hall–Kier alpha value is -7.34. The summed E-state index contributed by atoms with van der Waals surface area (Å²) in [6.07, 6.45) is 0. The highest BCUT2D eigenvalue weighted by molar-refractivity contribution is 7.22. The van der Waals surface area contributed by atoms with Crippen molar-refractivity contribution >= 4 is 103 Å². The van der Waals surface area contributed by atoms with Gasteiger partial charge in [-0.2, -0.15) is 0 Å². The Morgan fingerprint density at radius 2 is 0.933 bits per heavy atom. The van der Waals surface area contributed by atoms with Crippen molar-refractivity contribution in [3.05, 3.63) is 230 Å². The van der Waals surface area contributed by atoms with Crippen molar-refractivity contribution in [3.63, 3.8) is 0 Å². The first kappa shape index (κ1) is 34.7. The summed E-state index contributed by atoms with van der Waals surface area (Å²) in [5.74, 6) is 0. The minimum atomic E-state index is -2.86. The van der Waals surface area contributed by atoms with E-state index in [1.165, 1.54) is 71.1 Å². The summed E-state index contributed by atoms with van der Waals surface area (Å²) in [5, 5.41) is 5.62. The van der Waals surface area contributed by atoms with Gasteiger partial charge in [-0.25, -0.2) is 0 Å². The molecule has 0 aromatic heterocycles. The van der Waals surface area contributed by atoms with Crippen LogP contribution in [0.5, 0.6) is 0 Å². The average molecular weight is 782 g/mol. The van der Waals surface area contributed by atoms with Crippen molar-refractivity contribution in [2.24, 2.45) is 0 Å². The van der Waals surface area contributed by atoms with Crippen LogP contribution in [0.15, 0.2) is 224 Å². The quantitative estimate of drug-likeness (QED) is 0.156. The molecule has 0 fully saturated rings. The summed E-state index contributed by atoms with van der Waals surface area (Å²) in [4.78, 5) is 7.59. The van der Waals surface area contributed by atoms with E-state index in [1.807, 2.05) is 0 Å². The van der Waals surface area contributed by atoms with Crippen molar-refractivity contribution in [1.82, 2.24) is 0 Å². The van der Waals surface area contributed by atoms with Gasteiger partial charge in [0.15, 0.2) is 8.07 Å². The summed E-state index contributed by atoms with van der Waals surface area (Å²) >= 11 is 0. The Bertz CT molecular complexity index is 2990. The maximum Gasteiger partial charge on any atom is 0.252 e. The predicted octanol–water partition coefficient (Wildman–Crippen LogP) is 9.24. The van der Waals surface area contributed by atoms with Gasteiger partial charge in [0.2, 0.25) is 0 Å². The number of hydrogen-bond acceptors (Lipinski definition) is 3. The first-order valence-corrected chi connectivity index (χ1v) is 22.9. The van der Waals surface area contributed by atoms with Crippen LogP contribution in [0, 0.1) is 6.92 Å². The summed E-state index contributed by atoms with van der Waals surface area (Å²) < 4.78 is 0. The predicted molar refractivity (Wildman–Crippen MR) is 257 cm³/mol. The van der Waals surface area contributed by atoms with Crippen molar-refractivity contribution in [2.45, 2.75) is 6.92 Å². The van der Waals surface area contributed by atoms with Gasteiger partial charge < -0.3 is 14.7 Å². The topological polar surface area (TPSA) is 9.72 Å². The van der Waals surface area contributed by atoms with Gasteiger partial charge in [0.1, 0.15) is 0 Å². The molecule has 9 aromatic carbocycles. The molecule has 0 bridgehead atoms. The standard InChI is InChI=1S/C55H40BN3Si/c1-39-34-35-46-49(36-39)58(42-24-11-4-12-25-42)50-37-43(57(40-20-7-2-8-21-40)41-22-9-3-10-23-41)38-51-54(50)56(46)47-30-19-33-53-55(47)59(51)48-31-17-18-32-52(48)60(53,44-26-13-5-14-27-44)45-28-15-6-16-29-45/h2-38H,1H3. The second kappa shape index (κ2) is 13.6. The molecule has 0 amide bonds. The molecule has 0 aliphatic carbocycles. The van der Waals surface area contributed by atoms with Crippen LogP contribution in [0.3, 0.4) is 0 Å². The number of aryl methyl sites for hydroxylation is 1. The van der Waals surface area contributed by atoms with Gasteiger partial charge in [-0.05, 0) is 110 Å². The van der Waals surface area contributed by atoms with E-state index < -0.39 is 8.07 Å². The number of fused-ring (bicyclic) bond motifs is 6. The molecule has 60 heavy (non-hydrogen) atoms. The summed E-state index contributed by atoms with van der Waals surface area (Å²) in [6, 6.07) is 83.8. The Morgan fingerprint density at radius 1 is 0.400 bits per heavy atom. The maximum absolute atomic E-state index is 2.86. The number of anilines is 9. The minimum absolute atomic E-state index is 0.0104. The molecule has 0 spiro atoms. The third kappa shape index (κ3) is 4.96. The fourth-order valence-corrected chi connectivity index (χ4v) is 15.7. The highest BCUT2D eigenvalue weighted by atomic mass is 28.3. The highest BCUT2D eigenvalue weighted by Gasteiger charge is 2.53. The van der Waals surface area contributed by atoms with Crippen molar-refractivity contribution in [1.29, 1.82) is 0 Å². The zero-order valence-electron chi connectivity index (χ0n) is 33.3. The Kier molecular flexibility index (Phi) is 7.87. The van der Waals surface area contributed by atoms with Crippen LogP contribution in [0.2, 0.25) is 0 Å². The molecule has 0 N–H and O–H groups in total. The Labute approximate surface area is 353 Å². The van der Waals surface area contributed by atoms with Gasteiger partial charge >= 0.3 is 0 Å². The molecule has 0 atom stereocenters. The zero-order valence-corrected chi connectivity index (χ0v) is 34.3. The average Bonchev–Trinajstić information content (AvgIpc) is 3.31. The summed E-state index contributed by atoms with van der Waals surface area (Å²) in [7, 11) is -2.86. The lowest BCUT2D eigenvalue weighted by Crippen LogP contribution is -2.79. The monoisotopic (exact) mass is 781 g/mol. The zero-order chi connectivity index (χ0) is 39.8. The third-order valence-electron chi connectivity index (χ3n) is 12.9. The van der Waals surface area contributed by atoms with Crippen molar-refractivity contribution in [2.75, 3.05) is 14.7 Å². The first-order valence-electron chi connectivity index (χ1n) is 20.9. The smallest absolute Gasteiger partial charge is 0.252 e. The number of rotatable bonds is 6. The lowest BCUT2D eigenvalue weighted by atomic mass is 9.33. The molecular weight excluding hydrogens is 742 g/mol. The molecule has 0 radical (unpaired) electrons. The number of hydrogen-bond donors (Lipinski definition) is 0. The summed E-state index contributed by atoms with van der Waals surface area (Å²) in [6.45, 7) is 2.23. The fourth-order valence-electron chi connectivity index (χ4n) is 10.6. The van der Waals surface area contributed by atoms with E-state index in [0.29, 0.717) is 0 Å². The lowest BCUT2D eigenvalue weighted by Gasteiger charge is -2.51. The van der Waals surface area contributed by atoms with E-state index in [0.717, 1.165) is 22.7 Å². The van der Waals surface area contributed by atoms with E-state index in [1.54, 1.807) is 0 Å². The molecule has 3 nitrogen and oxygen atoms in total. The molecule has 0 unspecified atom stereocenters. The summed E-state index contributed by atoms with van der Waals surface area (Å²) in [5.41, 5.74) is 15.9. The Balaban J connectivity index is 1.25. The van der Waals surface area contributed by atoms with E-state index in [4.69, 9.17) is 0 Å². The van der Waals surface area contributed by atoms with Crippen LogP contribution >= 0.6 is 0 Å². The largest absolute Gasteiger partial charge is 0.312 e. The van der Waals surface area contributed by atoms with Crippen LogP contribution in [-0.4, -0.2) is 14.8 Å². The van der Waals surface area contributed by atoms with Gasteiger partial charge in [-0.3, -0.25) is 0 Å². The van der Waals surface area contributed by atoms with Crippen molar-refractivity contribution in [3.8, 4) is 0 Å². The number of nitrogens with zero attached hydrogens (tertiary/aromatic N) is 3. The molecule has 12 rings (SSSR count).